The van der Waals surface area contributed by atoms with E-state index in [1.54, 1.807) is 13.0 Å². The van der Waals surface area contributed by atoms with E-state index in [1.807, 2.05) is 31.2 Å². The summed E-state index contributed by atoms with van der Waals surface area (Å²) in [6.45, 7) is 4.11. The first-order valence-electron chi connectivity index (χ1n) is 7.05. The van der Waals surface area contributed by atoms with Gasteiger partial charge >= 0.3 is 5.97 Å². The average Bonchev–Trinajstić information content (AvgIpc) is 2.82. The van der Waals surface area contributed by atoms with Crippen LogP contribution in [-0.4, -0.2) is 40.9 Å². The normalized spacial score (nSPS) is 17.5. The van der Waals surface area contributed by atoms with Crippen molar-refractivity contribution in [3.05, 3.63) is 34.7 Å². The van der Waals surface area contributed by atoms with Crippen LogP contribution in [0.25, 0.3) is 6.08 Å². The summed E-state index contributed by atoms with van der Waals surface area (Å²) in [5.74, 6) is -0.00749. The van der Waals surface area contributed by atoms with Gasteiger partial charge in [0, 0.05) is 0 Å². The van der Waals surface area contributed by atoms with Crippen molar-refractivity contribution < 1.29 is 19.1 Å². The van der Waals surface area contributed by atoms with E-state index in [4.69, 9.17) is 17.0 Å². The fourth-order valence-corrected chi connectivity index (χ4v) is 3.49. The monoisotopic (exact) mass is 351 g/mol. The molecule has 1 aromatic carbocycles. The minimum atomic E-state index is -0.737. The van der Waals surface area contributed by atoms with Crippen molar-refractivity contribution in [1.82, 2.24) is 4.90 Å². The second kappa shape index (κ2) is 7.61. The Morgan fingerprint density at radius 1 is 1.39 bits per heavy atom. The minimum Gasteiger partial charge on any atom is -0.494 e. The largest absolute Gasteiger partial charge is 0.494 e. The van der Waals surface area contributed by atoms with Crippen molar-refractivity contribution in [2.75, 3.05) is 13.7 Å². The maximum absolute atomic E-state index is 12.5. The molecule has 7 heteroatoms. The Labute approximate surface area is 144 Å². The van der Waals surface area contributed by atoms with Crippen molar-refractivity contribution in [3.63, 3.8) is 0 Å². The molecule has 1 heterocycles. The van der Waals surface area contributed by atoms with Gasteiger partial charge in [-0.2, -0.15) is 0 Å². The molecule has 0 spiro atoms. The molecule has 1 saturated heterocycles. The molecule has 5 nitrogen and oxygen atoms in total. The summed E-state index contributed by atoms with van der Waals surface area (Å²) in [5.41, 5.74) is 0.861. The first-order chi connectivity index (χ1) is 11.0. The number of ether oxygens (including phenoxy) is 2. The number of hydrogen-bond donors (Lipinski definition) is 0. The molecule has 23 heavy (non-hydrogen) atoms. The van der Waals surface area contributed by atoms with Gasteiger partial charge in [0.25, 0.3) is 5.91 Å². The number of esters is 1. The summed E-state index contributed by atoms with van der Waals surface area (Å²) in [6, 6.07) is 6.67. The lowest BCUT2D eigenvalue weighted by atomic mass is 10.2. The SMILES string of the molecule is CCOc1ccc(/C=C2\SC(=S)N([C@@H](C)C(=O)OC)C2=O)cc1. The van der Waals surface area contributed by atoms with Crippen LogP contribution in [0.4, 0.5) is 0 Å². The minimum absolute atomic E-state index is 0.285. The van der Waals surface area contributed by atoms with Crippen LogP contribution >= 0.6 is 24.0 Å². The zero-order valence-corrected chi connectivity index (χ0v) is 14.7. The molecular weight excluding hydrogens is 334 g/mol. The van der Waals surface area contributed by atoms with Gasteiger partial charge in [-0.05, 0) is 37.6 Å². The molecular formula is C16H17NO4S2. The van der Waals surface area contributed by atoms with E-state index >= 15 is 0 Å². The molecule has 1 amide bonds. The maximum Gasteiger partial charge on any atom is 0.328 e. The highest BCUT2D eigenvalue weighted by atomic mass is 32.2. The van der Waals surface area contributed by atoms with Crippen molar-refractivity contribution in [2.24, 2.45) is 0 Å². The zero-order chi connectivity index (χ0) is 17.0. The number of benzene rings is 1. The Hall–Kier alpha value is -1.86. The number of carbonyl (C=O) groups excluding carboxylic acids is 2. The lowest BCUT2D eigenvalue weighted by Gasteiger charge is -2.20. The quantitative estimate of drug-likeness (QED) is 0.462. The van der Waals surface area contributed by atoms with Crippen molar-refractivity contribution in [3.8, 4) is 5.75 Å². The van der Waals surface area contributed by atoms with E-state index in [0.29, 0.717) is 15.8 Å². The average molecular weight is 351 g/mol. The third-order valence-corrected chi connectivity index (χ3v) is 4.57. The molecule has 0 aromatic heterocycles. The smallest absolute Gasteiger partial charge is 0.328 e. The summed E-state index contributed by atoms with van der Waals surface area (Å²) in [6.07, 6.45) is 1.75. The molecule has 0 bridgehead atoms. The van der Waals surface area contributed by atoms with Crippen LogP contribution in [0.15, 0.2) is 29.2 Å². The Bertz CT molecular complexity index is 655. The first-order valence-corrected chi connectivity index (χ1v) is 8.28. The molecule has 1 fully saturated rings. The molecule has 122 valence electrons. The molecule has 0 aliphatic carbocycles. The fourth-order valence-electron chi connectivity index (χ4n) is 2.07. The highest BCUT2D eigenvalue weighted by Crippen LogP contribution is 2.34. The topological polar surface area (TPSA) is 55.8 Å². The first kappa shape index (κ1) is 17.5. The Balaban J connectivity index is 2.19. The van der Waals surface area contributed by atoms with E-state index in [0.717, 1.165) is 11.3 Å². The number of hydrogen-bond acceptors (Lipinski definition) is 6. The number of methoxy groups -OCH3 is 1. The van der Waals surface area contributed by atoms with Crippen LogP contribution in [0.1, 0.15) is 19.4 Å². The number of nitrogens with zero attached hydrogens (tertiary/aromatic N) is 1. The molecule has 2 rings (SSSR count). The number of rotatable bonds is 5. The molecule has 0 radical (unpaired) electrons. The van der Waals surface area contributed by atoms with Gasteiger partial charge in [-0.15, -0.1) is 0 Å². The molecule has 1 atom stereocenters. The van der Waals surface area contributed by atoms with Crippen LogP contribution in [0.3, 0.4) is 0 Å². The van der Waals surface area contributed by atoms with Gasteiger partial charge in [0.05, 0.1) is 18.6 Å². The van der Waals surface area contributed by atoms with Crippen LogP contribution in [0.5, 0.6) is 5.75 Å². The summed E-state index contributed by atoms with van der Waals surface area (Å²) in [5, 5.41) is 0. The Kier molecular flexibility index (Phi) is 5.79. The summed E-state index contributed by atoms with van der Waals surface area (Å²) in [4.78, 5) is 25.9. The molecule has 1 aliphatic rings. The van der Waals surface area contributed by atoms with E-state index in [2.05, 4.69) is 4.74 Å². The van der Waals surface area contributed by atoms with E-state index in [9.17, 15) is 9.59 Å². The third-order valence-electron chi connectivity index (χ3n) is 3.24. The summed E-state index contributed by atoms with van der Waals surface area (Å²) >= 11 is 6.39. The lowest BCUT2D eigenvalue weighted by molar-refractivity contribution is -0.147. The molecule has 1 aliphatic heterocycles. The number of carbonyl (C=O) groups is 2. The van der Waals surface area contributed by atoms with E-state index in [-0.39, 0.29) is 5.91 Å². The number of amides is 1. The van der Waals surface area contributed by atoms with Gasteiger partial charge in [-0.3, -0.25) is 9.69 Å². The molecule has 1 aromatic rings. The van der Waals surface area contributed by atoms with Gasteiger partial charge in [0.2, 0.25) is 0 Å². The van der Waals surface area contributed by atoms with Crippen molar-refractivity contribution in [2.45, 2.75) is 19.9 Å². The number of thioether (sulfide) groups is 1. The van der Waals surface area contributed by atoms with Gasteiger partial charge in [-0.25, -0.2) is 4.79 Å². The Morgan fingerprint density at radius 3 is 2.61 bits per heavy atom. The van der Waals surface area contributed by atoms with Crippen LogP contribution in [0, 0.1) is 0 Å². The van der Waals surface area contributed by atoms with Crippen LogP contribution < -0.4 is 4.74 Å². The van der Waals surface area contributed by atoms with Crippen LogP contribution in [-0.2, 0) is 14.3 Å². The predicted molar refractivity (Wildman–Crippen MR) is 94.1 cm³/mol. The predicted octanol–water partition coefficient (Wildman–Crippen LogP) is 2.85. The highest BCUT2D eigenvalue weighted by Gasteiger charge is 2.38. The van der Waals surface area contributed by atoms with Gasteiger partial charge in [-0.1, -0.05) is 36.1 Å². The van der Waals surface area contributed by atoms with Crippen molar-refractivity contribution in [1.29, 1.82) is 0 Å². The highest BCUT2D eigenvalue weighted by molar-refractivity contribution is 8.26. The standard InChI is InChI=1S/C16H17NO4S2/c1-4-21-12-7-5-11(6-8-12)9-13-14(18)17(16(22)23-13)10(2)15(19)20-3/h5-10H,4H2,1-3H3/b13-9-/t10-/m0/s1. The van der Waals surface area contributed by atoms with E-state index in [1.165, 1.54) is 23.8 Å². The lowest BCUT2D eigenvalue weighted by Crippen LogP contribution is -2.42. The van der Waals surface area contributed by atoms with Crippen LogP contribution in [0.2, 0.25) is 0 Å². The van der Waals surface area contributed by atoms with Gasteiger partial charge < -0.3 is 9.47 Å². The summed E-state index contributed by atoms with van der Waals surface area (Å²) in [7, 11) is 1.28. The van der Waals surface area contributed by atoms with Crippen molar-refractivity contribution >= 4 is 46.3 Å². The molecule has 0 N–H and O–H groups in total. The second-order valence-corrected chi connectivity index (χ2v) is 6.43. The Morgan fingerprint density at radius 2 is 2.04 bits per heavy atom. The fraction of sp³-hybridized carbons (Fsp3) is 0.312. The molecule has 0 saturated carbocycles. The second-order valence-electron chi connectivity index (χ2n) is 4.75. The van der Waals surface area contributed by atoms with E-state index < -0.39 is 12.0 Å². The number of thiocarbonyl (C=S) groups is 1. The summed E-state index contributed by atoms with van der Waals surface area (Å²) < 4.78 is 10.4. The van der Waals surface area contributed by atoms with Gasteiger partial charge in [0.15, 0.2) is 0 Å². The zero-order valence-electron chi connectivity index (χ0n) is 13.1. The molecule has 0 unspecified atom stereocenters. The maximum atomic E-state index is 12.5. The third kappa shape index (κ3) is 3.92. The van der Waals surface area contributed by atoms with Gasteiger partial charge in [0.1, 0.15) is 16.1 Å².